The molecule has 0 bridgehead atoms. The van der Waals surface area contributed by atoms with Crippen LogP contribution in [0.2, 0.25) is 5.02 Å². The molecule has 0 saturated heterocycles. The first-order valence-electron chi connectivity index (χ1n) is 8.95. The third kappa shape index (κ3) is 4.40. The highest BCUT2D eigenvalue weighted by molar-refractivity contribution is 6.30. The minimum absolute atomic E-state index is 0.0627. The SMILES string of the molecule is O=C(/C=C/c1ccc2c(c1)OCCCO2)OCc1cc(Cl)cc2c1OCOC2. The Kier molecular flexibility index (Phi) is 5.69. The molecule has 2 aromatic carbocycles. The number of esters is 1. The summed E-state index contributed by atoms with van der Waals surface area (Å²) in [6, 6.07) is 9.05. The van der Waals surface area contributed by atoms with Crippen molar-refractivity contribution in [1.29, 1.82) is 0 Å². The molecule has 0 fully saturated rings. The predicted octanol–water partition coefficient (Wildman–Crippen LogP) is 4.12. The van der Waals surface area contributed by atoms with Gasteiger partial charge in [0.25, 0.3) is 0 Å². The van der Waals surface area contributed by atoms with Gasteiger partial charge < -0.3 is 23.7 Å². The Hall–Kier alpha value is -2.70. The summed E-state index contributed by atoms with van der Waals surface area (Å²) in [5, 5.41) is 0.543. The molecule has 0 aromatic heterocycles. The fourth-order valence-corrected chi connectivity index (χ4v) is 3.27. The van der Waals surface area contributed by atoms with Crippen LogP contribution in [-0.2, 0) is 27.5 Å². The van der Waals surface area contributed by atoms with E-state index in [4.69, 9.17) is 35.3 Å². The van der Waals surface area contributed by atoms with Gasteiger partial charge in [0.2, 0.25) is 0 Å². The van der Waals surface area contributed by atoms with E-state index in [-0.39, 0.29) is 13.4 Å². The molecule has 146 valence electrons. The average molecular weight is 403 g/mol. The molecule has 2 heterocycles. The molecule has 2 aliphatic rings. The highest BCUT2D eigenvalue weighted by Gasteiger charge is 2.17. The summed E-state index contributed by atoms with van der Waals surface area (Å²) in [5.74, 6) is 1.59. The average Bonchev–Trinajstić information content (AvgIpc) is 2.95. The monoisotopic (exact) mass is 402 g/mol. The maximum absolute atomic E-state index is 12.1. The summed E-state index contributed by atoms with van der Waals surface area (Å²) in [5.41, 5.74) is 2.37. The van der Waals surface area contributed by atoms with Gasteiger partial charge in [-0.3, -0.25) is 0 Å². The van der Waals surface area contributed by atoms with Crippen molar-refractivity contribution in [2.45, 2.75) is 19.6 Å². The minimum Gasteiger partial charge on any atom is -0.490 e. The number of fused-ring (bicyclic) bond motifs is 2. The first kappa shape index (κ1) is 18.7. The summed E-state index contributed by atoms with van der Waals surface area (Å²) in [6.07, 6.45) is 3.89. The molecule has 0 spiro atoms. The van der Waals surface area contributed by atoms with Crippen LogP contribution in [0.25, 0.3) is 6.08 Å². The molecule has 6 nitrogen and oxygen atoms in total. The van der Waals surface area contributed by atoms with Gasteiger partial charge >= 0.3 is 5.97 Å². The molecule has 28 heavy (non-hydrogen) atoms. The maximum Gasteiger partial charge on any atom is 0.331 e. The van der Waals surface area contributed by atoms with E-state index in [1.807, 2.05) is 18.2 Å². The third-order valence-electron chi connectivity index (χ3n) is 4.31. The van der Waals surface area contributed by atoms with E-state index in [0.717, 1.165) is 17.5 Å². The van der Waals surface area contributed by atoms with Gasteiger partial charge in [-0.05, 0) is 35.9 Å². The Balaban J connectivity index is 1.40. The van der Waals surface area contributed by atoms with E-state index < -0.39 is 5.97 Å². The number of carbonyl (C=O) groups is 1. The van der Waals surface area contributed by atoms with Crippen LogP contribution >= 0.6 is 11.6 Å². The number of halogens is 1. The Bertz CT molecular complexity index is 908. The van der Waals surface area contributed by atoms with Gasteiger partial charge in [-0.15, -0.1) is 0 Å². The second-order valence-corrected chi connectivity index (χ2v) is 6.80. The fraction of sp³-hybridized carbons (Fsp3) is 0.286. The lowest BCUT2D eigenvalue weighted by Gasteiger charge is -2.20. The van der Waals surface area contributed by atoms with Crippen LogP contribution in [0.15, 0.2) is 36.4 Å². The number of rotatable bonds is 4. The van der Waals surface area contributed by atoms with Crippen LogP contribution in [0.4, 0.5) is 0 Å². The summed E-state index contributed by atoms with van der Waals surface area (Å²) < 4.78 is 27.4. The summed E-state index contributed by atoms with van der Waals surface area (Å²) in [7, 11) is 0. The lowest BCUT2D eigenvalue weighted by atomic mass is 10.1. The second kappa shape index (κ2) is 8.54. The Morgan fingerprint density at radius 2 is 1.96 bits per heavy atom. The first-order valence-corrected chi connectivity index (χ1v) is 9.33. The first-order chi connectivity index (χ1) is 13.7. The molecule has 2 aromatic rings. The van der Waals surface area contributed by atoms with Crippen molar-refractivity contribution in [3.8, 4) is 17.2 Å². The zero-order valence-corrected chi connectivity index (χ0v) is 15.9. The maximum atomic E-state index is 12.1. The van der Waals surface area contributed by atoms with E-state index in [1.54, 1.807) is 18.2 Å². The van der Waals surface area contributed by atoms with E-state index in [0.29, 0.717) is 47.7 Å². The van der Waals surface area contributed by atoms with E-state index in [2.05, 4.69) is 0 Å². The zero-order valence-electron chi connectivity index (χ0n) is 15.1. The quantitative estimate of drug-likeness (QED) is 0.566. The van der Waals surface area contributed by atoms with Gasteiger partial charge in [0.15, 0.2) is 18.3 Å². The molecule has 0 aliphatic carbocycles. The van der Waals surface area contributed by atoms with Crippen LogP contribution in [0.1, 0.15) is 23.1 Å². The Morgan fingerprint density at radius 1 is 1.11 bits per heavy atom. The number of hydrogen-bond donors (Lipinski definition) is 0. The van der Waals surface area contributed by atoms with Crippen LogP contribution in [-0.4, -0.2) is 26.0 Å². The topological polar surface area (TPSA) is 63.2 Å². The van der Waals surface area contributed by atoms with Gasteiger partial charge in [0, 0.05) is 28.6 Å². The molecular formula is C21H19ClO6. The van der Waals surface area contributed by atoms with Crippen molar-refractivity contribution < 1.29 is 28.5 Å². The van der Waals surface area contributed by atoms with Crippen LogP contribution < -0.4 is 14.2 Å². The van der Waals surface area contributed by atoms with Crippen molar-refractivity contribution in [2.75, 3.05) is 20.0 Å². The van der Waals surface area contributed by atoms with Crippen LogP contribution in [0, 0.1) is 0 Å². The van der Waals surface area contributed by atoms with Crippen molar-refractivity contribution in [1.82, 2.24) is 0 Å². The Labute approximate surface area is 167 Å². The molecule has 0 atom stereocenters. The van der Waals surface area contributed by atoms with Crippen molar-refractivity contribution in [2.24, 2.45) is 0 Å². The molecule has 0 N–H and O–H groups in total. The standard InChI is InChI=1S/C21H19ClO6/c22-17-9-15-11-24-13-28-21(15)16(10-17)12-27-20(23)5-3-14-2-4-18-19(8-14)26-7-1-6-25-18/h2-5,8-10H,1,6-7,11-13H2/b5-3+. The van der Waals surface area contributed by atoms with Crippen molar-refractivity contribution in [3.05, 3.63) is 58.1 Å². The molecule has 7 heteroatoms. The molecular weight excluding hydrogens is 384 g/mol. The van der Waals surface area contributed by atoms with Gasteiger partial charge in [-0.2, -0.15) is 0 Å². The summed E-state index contributed by atoms with van der Waals surface area (Å²) in [6.45, 7) is 1.89. The van der Waals surface area contributed by atoms with E-state index >= 15 is 0 Å². The largest absolute Gasteiger partial charge is 0.490 e. The Morgan fingerprint density at radius 3 is 2.86 bits per heavy atom. The summed E-state index contributed by atoms with van der Waals surface area (Å²) in [4.78, 5) is 12.1. The van der Waals surface area contributed by atoms with Gasteiger partial charge in [-0.25, -0.2) is 4.79 Å². The second-order valence-electron chi connectivity index (χ2n) is 6.36. The van der Waals surface area contributed by atoms with E-state index in [9.17, 15) is 4.79 Å². The summed E-state index contributed by atoms with van der Waals surface area (Å²) >= 11 is 6.12. The highest BCUT2D eigenvalue weighted by atomic mass is 35.5. The third-order valence-corrected chi connectivity index (χ3v) is 4.52. The van der Waals surface area contributed by atoms with Crippen molar-refractivity contribution in [3.63, 3.8) is 0 Å². The molecule has 0 unspecified atom stereocenters. The predicted molar refractivity (Wildman–Crippen MR) is 103 cm³/mol. The van der Waals surface area contributed by atoms with Crippen LogP contribution in [0.3, 0.4) is 0 Å². The van der Waals surface area contributed by atoms with Crippen LogP contribution in [0.5, 0.6) is 17.2 Å². The van der Waals surface area contributed by atoms with E-state index in [1.165, 1.54) is 6.08 Å². The molecule has 4 rings (SSSR count). The smallest absolute Gasteiger partial charge is 0.331 e. The lowest BCUT2D eigenvalue weighted by Crippen LogP contribution is -2.14. The van der Waals surface area contributed by atoms with Gasteiger partial charge in [0.05, 0.1) is 19.8 Å². The number of benzene rings is 2. The molecule has 0 radical (unpaired) electrons. The molecule has 0 amide bonds. The number of ether oxygens (including phenoxy) is 5. The molecule has 2 aliphatic heterocycles. The van der Waals surface area contributed by atoms with Gasteiger partial charge in [-0.1, -0.05) is 17.7 Å². The number of carbonyl (C=O) groups excluding carboxylic acids is 1. The minimum atomic E-state index is -0.465. The fourth-order valence-electron chi connectivity index (χ4n) is 3.01. The van der Waals surface area contributed by atoms with Gasteiger partial charge in [0.1, 0.15) is 12.4 Å². The van der Waals surface area contributed by atoms with Crippen molar-refractivity contribution >= 4 is 23.6 Å². The zero-order chi connectivity index (χ0) is 19.3. The lowest BCUT2D eigenvalue weighted by molar-refractivity contribution is -0.139. The number of hydrogen-bond acceptors (Lipinski definition) is 6. The normalized spacial score (nSPS) is 15.5. The molecule has 0 saturated carbocycles. The highest BCUT2D eigenvalue weighted by Crippen LogP contribution is 2.32.